The molecule has 0 saturated heterocycles. The Labute approximate surface area is 158 Å². The minimum atomic E-state index is 0.0925. The summed E-state index contributed by atoms with van der Waals surface area (Å²) in [6, 6.07) is 12.2. The topological polar surface area (TPSA) is 50.7 Å². The summed E-state index contributed by atoms with van der Waals surface area (Å²) in [6.07, 6.45) is 0.878. The summed E-state index contributed by atoms with van der Waals surface area (Å²) in [4.78, 5) is 0. The average Bonchev–Trinajstić information content (AvgIpc) is 2.63. The lowest BCUT2D eigenvalue weighted by molar-refractivity contribution is 0.238. The highest BCUT2D eigenvalue weighted by atomic mass is 79.9. The highest BCUT2D eigenvalue weighted by molar-refractivity contribution is 9.10. The fraction of sp³-hybridized carbons (Fsp3) is 0.400. The predicted molar refractivity (Wildman–Crippen MR) is 104 cm³/mol. The number of nitrogens with one attached hydrogen (secondary N) is 1. The molecule has 0 fully saturated rings. The lowest BCUT2D eigenvalue weighted by Gasteiger charge is -2.17. The molecule has 2 aromatic carbocycles. The fourth-order valence-electron chi connectivity index (χ4n) is 2.50. The highest BCUT2D eigenvalue weighted by Crippen LogP contribution is 2.34. The van der Waals surface area contributed by atoms with E-state index in [-0.39, 0.29) is 12.6 Å². The number of methoxy groups -OCH3 is 1. The number of ether oxygens (including phenoxy) is 2. The van der Waals surface area contributed by atoms with Gasteiger partial charge in [-0.2, -0.15) is 0 Å². The first-order valence-electron chi connectivity index (χ1n) is 8.47. The molecule has 0 bridgehead atoms. The van der Waals surface area contributed by atoms with E-state index in [1.807, 2.05) is 31.2 Å². The van der Waals surface area contributed by atoms with Crippen molar-refractivity contribution in [3.05, 3.63) is 57.6 Å². The zero-order valence-electron chi connectivity index (χ0n) is 15.0. The normalized spacial score (nSPS) is 12.0. The van der Waals surface area contributed by atoms with Crippen LogP contribution in [0.25, 0.3) is 0 Å². The summed E-state index contributed by atoms with van der Waals surface area (Å²) in [5, 5.41) is 12.6. The second kappa shape index (κ2) is 9.80. The van der Waals surface area contributed by atoms with E-state index >= 15 is 0 Å². The Morgan fingerprint density at radius 3 is 2.56 bits per heavy atom. The minimum Gasteiger partial charge on any atom is -0.493 e. The third kappa shape index (κ3) is 5.46. The van der Waals surface area contributed by atoms with Crippen molar-refractivity contribution in [1.29, 1.82) is 0 Å². The van der Waals surface area contributed by atoms with Crippen LogP contribution >= 0.6 is 15.9 Å². The molecule has 0 aliphatic carbocycles. The Morgan fingerprint density at radius 1 is 1.16 bits per heavy atom. The number of halogens is 1. The van der Waals surface area contributed by atoms with Crippen LogP contribution in [-0.2, 0) is 13.2 Å². The summed E-state index contributed by atoms with van der Waals surface area (Å²) in [5.41, 5.74) is 3.42. The van der Waals surface area contributed by atoms with E-state index in [2.05, 4.69) is 40.3 Å². The average molecular weight is 408 g/mol. The van der Waals surface area contributed by atoms with Crippen LogP contribution in [-0.4, -0.2) is 24.9 Å². The van der Waals surface area contributed by atoms with Crippen LogP contribution in [0.4, 0.5) is 0 Å². The minimum absolute atomic E-state index is 0.0925. The number of hydrogen-bond donors (Lipinski definition) is 2. The Hall–Kier alpha value is -1.56. The zero-order chi connectivity index (χ0) is 18.2. The maximum atomic E-state index is 9.30. The number of aliphatic hydroxyl groups is 1. The molecule has 1 unspecified atom stereocenters. The van der Waals surface area contributed by atoms with Gasteiger partial charge in [0.25, 0.3) is 0 Å². The Kier molecular flexibility index (Phi) is 7.75. The first kappa shape index (κ1) is 19.8. The fourth-order valence-corrected chi connectivity index (χ4v) is 2.97. The van der Waals surface area contributed by atoms with Gasteiger partial charge in [-0.05, 0) is 42.2 Å². The Balaban J connectivity index is 2.11. The van der Waals surface area contributed by atoms with E-state index in [1.54, 1.807) is 7.11 Å². The molecule has 1 atom stereocenters. The number of hydrogen-bond acceptors (Lipinski definition) is 4. The molecule has 0 aliphatic heterocycles. The third-order valence-electron chi connectivity index (χ3n) is 4.27. The number of rotatable bonds is 9. The van der Waals surface area contributed by atoms with Gasteiger partial charge in [0.05, 0.1) is 13.7 Å². The van der Waals surface area contributed by atoms with Crippen LogP contribution in [0.5, 0.6) is 11.5 Å². The number of aliphatic hydroxyl groups excluding tert-OH is 1. The molecule has 5 heteroatoms. The molecule has 0 amide bonds. The van der Waals surface area contributed by atoms with Crippen LogP contribution in [0.15, 0.2) is 40.9 Å². The van der Waals surface area contributed by atoms with Gasteiger partial charge in [-0.15, -0.1) is 0 Å². The van der Waals surface area contributed by atoms with E-state index in [1.165, 1.54) is 5.56 Å². The van der Waals surface area contributed by atoms with Crippen LogP contribution < -0.4 is 14.8 Å². The van der Waals surface area contributed by atoms with Gasteiger partial charge < -0.3 is 19.9 Å². The van der Waals surface area contributed by atoms with Gasteiger partial charge in [-0.3, -0.25) is 0 Å². The highest BCUT2D eigenvalue weighted by Gasteiger charge is 2.12. The SMILES string of the molecule is CCC(CO)NCc1cc(OC)c(OCc2ccccc2C)cc1Br. The van der Waals surface area contributed by atoms with Crippen molar-refractivity contribution in [2.75, 3.05) is 13.7 Å². The summed E-state index contributed by atoms with van der Waals surface area (Å²) >= 11 is 3.61. The first-order valence-corrected chi connectivity index (χ1v) is 9.26. The van der Waals surface area contributed by atoms with Crippen molar-refractivity contribution in [1.82, 2.24) is 5.32 Å². The van der Waals surface area contributed by atoms with Crippen molar-refractivity contribution in [3.8, 4) is 11.5 Å². The van der Waals surface area contributed by atoms with Crippen molar-refractivity contribution in [2.24, 2.45) is 0 Å². The van der Waals surface area contributed by atoms with Crippen molar-refractivity contribution in [3.63, 3.8) is 0 Å². The molecule has 0 spiro atoms. The molecule has 25 heavy (non-hydrogen) atoms. The lowest BCUT2D eigenvalue weighted by atomic mass is 10.1. The monoisotopic (exact) mass is 407 g/mol. The Bertz CT molecular complexity index is 687. The number of aryl methyl sites for hydroxylation is 1. The van der Waals surface area contributed by atoms with E-state index in [0.717, 1.165) is 22.0 Å². The van der Waals surface area contributed by atoms with Gasteiger partial charge >= 0.3 is 0 Å². The molecule has 0 radical (unpaired) electrons. The summed E-state index contributed by atoms with van der Waals surface area (Å²) in [6.45, 7) is 5.39. The van der Waals surface area contributed by atoms with Crippen LogP contribution in [0.1, 0.15) is 30.0 Å². The molecule has 0 saturated carbocycles. The van der Waals surface area contributed by atoms with Crippen LogP contribution in [0.2, 0.25) is 0 Å². The molecule has 2 aromatic rings. The van der Waals surface area contributed by atoms with Gasteiger partial charge in [-0.1, -0.05) is 47.1 Å². The van der Waals surface area contributed by atoms with Gasteiger partial charge in [0.1, 0.15) is 6.61 Å². The molecule has 136 valence electrons. The second-order valence-corrected chi connectivity index (χ2v) is 6.83. The molecular formula is C20H26BrNO3. The molecule has 0 aromatic heterocycles. The van der Waals surface area contributed by atoms with Gasteiger partial charge in [0.15, 0.2) is 11.5 Å². The zero-order valence-corrected chi connectivity index (χ0v) is 16.6. The van der Waals surface area contributed by atoms with Gasteiger partial charge in [0.2, 0.25) is 0 Å². The molecule has 2 rings (SSSR count). The maximum Gasteiger partial charge on any atom is 0.162 e. The van der Waals surface area contributed by atoms with Crippen LogP contribution in [0.3, 0.4) is 0 Å². The van der Waals surface area contributed by atoms with Crippen molar-refractivity contribution in [2.45, 2.75) is 39.5 Å². The van der Waals surface area contributed by atoms with Crippen molar-refractivity contribution < 1.29 is 14.6 Å². The quantitative estimate of drug-likeness (QED) is 0.653. The third-order valence-corrected chi connectivity index (χ3v) is 5.01. The molecule has 2 N–H and O–H groups in total. The van der Waals surface area contributed by atoms with Gasteiger partial charge in [-0.25, -0.2) is 0 Å². The molecule has 0 aliphatic rings. The first-order chi connectivity index (χ1) is 12.1. The standard InChI is InChI=1S/C20H26BrNO3/c1-4-17(12-23)22-11-16-9-19(24-3)20(10-18(16)21)25-13-15-8-6-5-7-14(15)2/h5-10,17,22-23H,4,11-13H2,1-3H3. The molecule has 0 heterocycles. The van der Waals surface area contributed by atoms with E-state index in [9.17, 15) is 5.11 Å². The van der Waals surface area contributed by atoms with Gasteiger partial charge in [0, 0.05) is 17.1 Å². The largest absolute Gasteiger partial charge is 0.493 e. The molecule has 4 nitrogen and oxygen atoms in total. The number of benzene rings is 2. The summed E-state index contributed by atoms with van der Waals surface area (Å²) in [7, 11) is 1.64. The van der Waals surface area contributed by atoms with Crippen molar-refractivity contribution >= 4 is 15.9 Å². The lowest BCUT2D eigenvalue weighted by Crippen LogP contribution is -2.31. The van der Waals surface area contributed by atoms with Crippen LogP contribution in [0, 0.1) is 6.92 Å². The van der Waals surface area contributed by atoms with E-state index < -0.39 is 0 Å². The Morgan fingerprint density at radius 2 is 1.92 bits per heavy atom. The maximum absolute atomic E-state index is 9.30. The molecular weight excluding hydrogens is 382 g/mol. The predicted octanol–water partition coefficient (Wildman–Crippen LogP) is 4.21. The van der Waals surface area contributed by atoms with E-state index in [4.69, 9.17) is 9.47 Å². The van der Waals surface area contributed by atoms with E-state index in [0.29, 0.717) is 24.7 Å². The summed E-state index contributed by atoms with van der Waals surface area (Å²) < 4.78 is 12.4. The smallest absolute Gasteiger partial charge is 0.162 e. The summed E-state index contributed by atoms with van der Waals surface area (Å²) in [5.74, 6) is 1.40. The second-order valence-electron chi connectivity index (χ2n) is 5.98.